The Labute approximate surface area is 113 Å². The molecule has 1 aromatic carbocycles. The van der Waals surface area contributed by atoms with E-state index in [1.54, 1.807) is 0 Å². The quantitative estimate of drug-likeness (QED) is 0.787. The third kappa shape index (κ3) is 4.68. The van der Waals surface area contributed by atoms with Crippen LogP contribution < -0.4 is 5.32 Å². The molecule has 0 saturated carbocycles. The van der Waals surface area contributed by atoms with E-state index in [2.05, 4.69) is 16.6 Å². The van der Waals surface area contributed by atoms with Gasteiger partial charge in [0.15, 0.2) is 0 Å². The highest BCUT2D eigenvalue weighted by atomic mass is 19.1. The van der Waals surface area contributed by atoms with E-state index in [0.717, 1.165) is 12.1 Å². The summed E-state index contributed by atoms with van der Waals surface area (Å²) in [5, 5.41) is 11.0. The van der Waals surface area contributed by atoms with Crippen molar-refractivity contribution < 1.29 is 28.2 Å². The van der Waals surface area contributed by atoms with Gasteiger partial charge in [0.1, 0.15) is 18.2 Å². The molecule has 0 bridgehead atoms. The molecular formula is C13H13F2NO4. The summed E-state index contributed by atoms with van der Waals surface area (Å²) in [4.78, 5) is 22.1. The van der Waals surface area contributed by atoms with E-state index in [9.17, 15) is 18.4 Å². The van der Waals surface area contributed by atoms with Crippen LogP contribution in [0.1, 0.15) is 18.0 Å². The second-order valence-corrected chi connectivity index (χ2v) is 3.85. The zero-order chi connectivity index (χ0) is 15.1. The van der Waals surface area contributed by atoms with Crippen molar-refractivity contribution in [2.75, 3.05) is 6.61 Å². The maximum Gasteiger partial charge on any atom is 0.407 e. The fraction of sp³-hybridized carbons (Fsp3) is 0.231. The molecule has 1 aromatic rings. The van der Waals surface area contributed by atoms with Gasteiger partial charge in [-0.1, -0.05) is 18.7 Å². The normalized spacial score (nSPS) is 11.5. The molecule has 0 radical (unpaired) electrons. The highest BCUT2D eigenvalue weighted by Gasteiger charge is 2.22. The van der Waals surface area contributed by atoms with Crippen molar-refractivity contribution in [2.45, 2.75) is 12.5 Å². The number of hydrogen-bond donors (Lipinski definition) is 2. The Morgan fingerprint density at radius 3 is 2.70 bits per heavy atom. The Bertz CT molecular complexity index is 519. The number of halogens is 2. The van der Waals surface area contributed by atoms with Crippen LogP contribution in [0.25, 0.3) is 0 Å². The van der Waals surface area contributed by atoms with Gasteiger partial charge >= 0.3 is 12.1 Å². The van der Waals surface area contributed by atoms with Gasteiger partial charge in [-0.3, -0.25) is 4.79 Å². The molecule has 2 N–H and O–H groups in total. The highest BCUT2D eigenvalue weighted by molar-refractivity contribution is 5.72. The number of amides is 1. The van der Waals surface area contributed by atoms with Crippen LogP contribution in [0.4, 0.5) is 13.6 Å². The van der Waals surface area contributed by atoms with E-state index in [0.29, 0.717) is 6.07 Å². The van der Waals surface area contributed by atoms with Crippen molar-refractivity contribution in [3.63, 3.8) is 0 Å². The van der Waals surface area contributed by atoms with E-state index in [4.69, 9.17) is 5.11 Å². The first-order valence-electron chi connectivity index (χ1n) is 5.65. The SMILES string of the molecule is C=CCOC(=O)N[C@@H](CC(=O)O)c1ccc(F)cc1F. The van der Waals surface area contributed by atoms with Gasteiger partial charge in [0.2, 0.25) is 0 Å². The first-order valence-corrected chi connectivity index (χ1v) is 5.65. The lowest BCUT2D eigenvalue weighted by atomic mass is 10.0. The number of aliphatic carboxylic acids is 1. The second-order valence-electron chi connectivity index (χ2n) is 3.85. The predicted molar refractivity (Wildman–Crippen MR) is 66.0 cm³/mol. The van der Waals surface area contributed by atoms with Crippen LogP contribution in [0.2, 0.25) is 0 Å². The van der Waals surface area contributed by atoms with Gasteiger partial charge in [-0.2, -0.15) is 0 Å². The van der Waals surface area contributed by atoms with E-state index in [1.165, 1.54) is 6.08 Å². The summed E-state index contributed by atoms with van der Waals surface area (Å²) < 4.78 is 31.1. The fourth-order valence-corrected chi connectivity index (χ4v) is 1.52. The topological polar surface area (TPSA) is 75.6 Å². The summed E-state index contributed by atoms with van der Waals surface area (Å²) in [5.74, 6) is -2.99. The maximum absolute atomic E-state index is 13.6. The summed E-state index contributed by atoms with van der Waals surface area (Å²) in [7, 11) is 0. The van der Waals surface area contributed by atoms with Gasteiger partial charge in [-0.25, -0.2) is 13.6 Å². The lowest BCUT2D eigenvalue weighted by molar-refractivity contribution is -0.137. The van der Waals surface area contributed by atoms with Gasteiger partial charge in [-0.15, -0.1) is 0 Å². The molecule has 20 heavy (non-hydrogen) atoms. The van der Waals surface area contributed by atoms with Crippen LogP contribution >= 0.6 is 0 Å². The van der Waals surface area contributed by atoms with Crippen molar-refractivity contribution in [3.05, 3.63) is 48.1 Å². The number of alkyl carbamates (subject to hydrolysis) is 1. The van der Waals surface area contributed by atoms with Gasteiger partial charge in [0.05, 0.1) is 12.5 Å². The molecule has 0 saturated heterocycles. The minimum Gasteiger partial charge on any atom is -0.481 e. The molecule has 1 amide bonds. The molecule has 0 fully saturated rings. The van der Waals surface area contributed by atoms with Crippen LogP contribution in [0.5, 0.6) is 0 Å². The number of carbonyl (C=O) groups is 2. The van der Waals surface area contributed by atoms with Crippen molar-refractivity contribution in [1.29, 1.82) is 0 Å². The largest absolute Gasteiger partial charge is 0.481 e. The Hall–Kier alpha value is -2.44. The van der Waals surface area contributed by atoms with Crippen molar-refractivity contribution in [1.82, 2.24) is 5.32 Å². The molecule has 1 rings (SSSR count). The number of benzene rings is 1. The molecule has 1 atom stereocenters. The molecule has 0 heterocycles. The van der Waals surface area contributed by atoms with Crippen LogP contribution in [-0.4, -0.2) is 23.8 Å². The Balaban J connectivity index is 2.90. The molecular weight excluding hydrogens is 272 g/mol. The molecule has 0 aliphatic carbocycles. The van der Waals surface area contributed by atoms with E-state index < -0.39 is 36.2 Å². The van der Waals surface area contributed by atoms with Gasteiger partial charge in [0.25, 0.3) is 0 Å². The molecule has 0 aliphatic rings. The summed E-state index contributed by atoms with van der Waals surface area (Å²) in [6.07, 6.45) is -0.157. The van der Waals surface area contributed by atoms with Gasteiger partial charge < -0.3 is 15.2 Å². The minimum atomic E-state index is -1.25. The average molecular weight is 285 g/mol. The van der Waals surface area contributed by atoms with E-state index in [-0.39, 0.29) is 12.2 Å². The maximum atomic E-state index is 13.6. The van der Waals surface area contributed by atoms with Crippen LogP contribution in [0.15, 0.2) is 30.9 Å². The monoisotopic (exact) mass is 285 g/mol. The number of carboxylic acids is 1. The summed E-state index contributed by atoms with van der Waals surface area (Å²) in [6.45, 7) is 3.27. The number of carboxylic acid groups (broad SMARTS) is 1. The Kier molecular flexibility index (Phi) is 5.64. The number of nitrogens with one attached hydrogen (secondary N) is 1. The zero-order valence-electron chi connectivity index (χ0n) is 10.4. The number of hydrogen-bond acceptors (Lipinski definition) is 3. The molecule has 0 spiro atoms. The van der Waals surface area contributed by atoms with Crippen molar-refractivity contribution >= 4 is 12.1 Å². The predicted octanol–water partition coefficient (Wildman–Crippen LogP) is 2.39. The second kappa shape index (κ2) is 7.22. The third-order valence-electron chi connectivity index (χ3n) is 2.34. The van der Waals surface area contributed by atoms with Crippen LogP contribution in [-0.2, 0) is 9.53 Å². The molecule has 5 nitrogen and oxygen atoms in total. The zero-order valence-corrected chi connectivity index (χ0v) is 10.4. The molecule has 108 valence electrons. The molecule has 0 aromatic heterocycles. The van der Waals surface area contributed by atoms with Crippen LogP contribution in [0.3, 0.4) is 0 Å². The summed E-state index contributed by atoms with van der Waals surface area (Å²) >= 11 is 0. The van der Waals surface area contributed by atoms with Gasteiger partial charge in [0, 0.05) is 11.6 Å². The number of ether oxygens (including phenoxy) is 1. The third-order valence-corrected chi connectivity index (χ3v) is 2.34. The lowest BCUT2D eigenvalue weighted by Crippen LogP contribution is -2.31. The number of carbonyl (C=O) groups excluding carboxylic acids is 1. The first kappa shape index (κ1) is 15.6. The van der Waals surface area contributed by atoms with Gasteiger partial charge in [-0.05, 0) is 6.07 Å². The average Bonchev–Trinajstić information content (AvgIpc) is 2.35. The standard InChI is InChI=1S/C13H13F2NO4/c1-2-5-20-13(19)16-11(7-12(17)18)9-4-3-8(14)6-10(9)15/h2-4,6,11H,1,5,7H2,(H,16,19)(H,17,18)/t11-/m0/s1. The molecule has 0 unspecified atom stereocenters. The summed E-state index contributed by atoms with van der Waals surface area (Å²) in [5.41, 5.74) is -0.135. The minimum absolute atomic E-state index is 0.0719. The first-order chi connectivity index (χ1) is 9.43. The Morgan fingerprint density at radius 1 is 1.45 bits per heavy atom. The Morgan fingerprint density at radius 2 is 2.15 bits per heavy atom. The smallest absolute Gasteiger partial charge is 0.407 e. The molecule has 0 aliphatic heterocycles. The van der Waals surface area contributed by atoms with E-state index >= 15 is 0 Å². The highest BCUT2D eigenvalue weighted by Crippen LogP contribution is 2.21. The van der Waals surface area contributed by atoms with E-state index in [1.807, 2.05) is 0 Å². The van der Waals surface area contributed by atoms with Crippen molar-refractivity contribution in [2.24, 2.45) is 0 Å². The molecule has 7 heteroatoms. The summed E-state index contributed by atoms with van der Waals surface area (Å²) in [6, 6.07) is 1.50. The fourth-order valence-electron chi connectivity index (χ4n) is 1.52. The van der Waals surface area contributed by atoms with Crippen molar-refractivity contribution in [3.8, 4) is 0 Å². The lowest BCUT2D eigenvalue weighted by Gasteiger charge is -2.17. The number of rotatable bonds is 6. The van der Waals surface area contributed by atoms with Crippen LogP contribution in [0, 0.1) is 11.6 Å².